The summed E-state index contributed by atoms with van der Waals surface area (Å²) in [5.74, 6) is -0.595. The second-order valence-corrected chi connectivity index (χ2v) is 8.86. The zero-order valence-corrected chi connectivity index (χ0v) is 17.2. The topological polar surface area (TPSA) is 101 Å². The Bertz CT molecular complexity index is 690. The van der Waals surface area contributed by atoms with Crippen LogP contribution in [0.4, 0.5) is 0 Å². The average Bonchev–Trinajstić information content (AvgIpc) is 2.91. The van der Waals surface area contributed by atoms with Gasteiger partial charge < -0.3 is 22.9 Å². The summed E-state index contributed by atoms with van der Waals surface area (Å²) in [6.07, 6.45) is -0.253. The van der Waals surface area contributed by atoms with E-state index in [1.165, 1.54) is 21.1 Å². The third-order valence-electron chi connectivity index (χ3n) is 3.55. The molecule has 0 atom stereocenters. The molecular formula is C17H27O8P. The third-order valence-corrected chi connectivity index (χ3v) is 5.34. The summed E-state index contributed by atoms with van der Waals surface area (Å²) in [5, 5.41) is 0. The second-order valence-electron chi connectivity index (χ2n) is 6.59. The SMILES string of the molecule is CCOC(=O)c1c(CP(=O)(OC)OC)oc(C(C)(C)C)c1COC(C)=O. The molecule has 1 aromatic rings. The largest absolute Gasteiger partial charge is 0.463 e. The van der Waals surface area contributed by atoms with Crippen molar-refractivity contribution >= 4 is 19.5 Å². The maximum Gasteiger partial charge on any atom is 0.342 e. The Hall–Kier alpha value is -1.63. The third kappa shape index (κ3) is 5.43. The number of hydrogen-bond acceptors (Lipinski definition) is 8. The van der Waals surface area contributed by atoms with Gasteiger partial charge in [-0.3, -0.25) is 9.36 Å². The molecule has 0 N–H and O–H groups in total. The van der Waals surface area contributed by atoms with E-state index in [1.54, 1.807) is 6.92 Å². The fourth-order valence-electron chi connectivity index (χ4n) is 2.37. The molecular weight excluding hydrogens is 363 g/mol. The van der Waals surface area contributed by atoms with Crippen molar-refractivity contribution in [3.8, 4) is 0 Å². The molecule has 0 unspecified atom stereocenters. The summed E-state index contributed by atoms with van der Waals surface area (Å²) >= 11 is 0. The van der Waals surface area contributed by atoms with Crippen molar-refractivity contribution in [1.82, 2.24) is 0 Å². The fraction of sp³-hybridized carbons (Fsp3) is 0.647. The molecule has 1 rings (SSSR count). The lowest BCUT2D eigenvalue weighted by molar-refractivity contribution is -0.142. The minimum atomic E-state index is -3.49. The lowest BCUT2D eigenvalue weighted by atomic mass is 9.89. The zero-order valence-electron chi connectivity index (χ0n) is 16.3. The van der Waals surface area contributed by atoms with Crippen LogP contribution in [-0.4, -0.2) is 32.8 Å². The average molecular weight is 390 g/mol. The predicted octanol–water partition coefficient (Wildman–Crippen LogP) is 3.80. The number of ether oxygens (including phenoxy) is 2. The molecule has 0 saturated heterocycles. The van der Waals surface area contributed by atoms with Gasteiger partial charge in [0.25, 0.3) is 0 Å². The predicted molar refractivity (Wildman–Crippen MR) is 94.2 cm³/mol. The van der Waals surface area contributed by atoms with E-state index in [0.717, 1.165) is 0 Å². The molecule has 0 aromatic carbocycles. The Morgan fingerprint density at radius 3 is 2.12 bits per heavy atom. The van der Waals surface area contributed by atoms with E-state index in [-0.39, 0.29) is 30.7 Å². The molecule has 8 nitrogen and oxygen atoms in total. The normalized spacial score (nSPS) is 12.1. The summed E-state index contributed by atoms with van der Waals surface area (Å²) in [6.45, 7) is 8.57. The summed E-state index contributed by atoms with van der Waals surface area (Å²) in [5.41, 5.74) is -0.0219. The molecule has 1 aromatic heterocycles. The maximum atomic E-state index is 12.5. The van der Waals surface area contributed by atoms with Crippen LogP contribution in [0.2, 0.25) is 0 Å². The van der Waals surface area contributed by atoms with Crippen molar-refractivity contribution in [2.45, 2.75) is 52.8 Å². The summed E-state index contributed by atoms with van der Waals surface area (Å²) < 4.78 is 38.5. The first-order chi connectivity index (χ1) is 12.0. The standard InChI is InChI=1S/C17H27O8P/c1-8-23-16(19)14-12(9-24-11(2)18)15(17(3,4)5)25-13(14)10-26(20,21-6)22-7/h8-10H2,1-7H3. The molecule has 0 aliphatic rings. The van der Waals surface area contributed by atoms with E-state index in [1.807, 2.05) is 20.8 Å². The van der Waals surface area contributed by atoms with Crippen LogP contribution in [0.15, 0.2) is 4.42 Å². The molecule has 0 spiro atoms. The van der Waals surface area contributed by atoms with E-state index in [4.69, 9.17) is 22.9 Å². The van der Waals surface area contributed by atoms with Crippen LogP contribution in [0, 0.1) is 0 Å². The van der Waals surface area contributed by atoms with E-state index in [9.17, 15) is 14.2 Å². The van der Waals surface area contributed by atoms with Crippen molar-refractivity contribution < 1.29 is 37.1 Å². The van der Waals surface area contributed by atoms with E-state index >= 15 is 0 Å². The van der Waals surface area contributed by atoms with Crippen molar-refractivity contribution in [2.75, 3.05) is 20.8 Å². The first-order valence-corrected chi connectivity index (χ1v) is 9.87. The first-order valence-electron chi connectivity index (χ1n) is 8.15. The van der Waals surface area contributed by atoms with Crippen molar-refractivity contribution in [2.24, 2.45) is 0 Å². The Balaban J connectivity index is 3.58. The minimum Gasteiger partial charge on any atom is -0.463 e. The molecule has 0 radical (unpaired) electrons. The molecule has 26 heavy (non-hydrogen) atoms. The van der Waals surface area contributed by atoms with Gasteiger partial charge in [0.1, 0.15) is 29.9 Å². The summed E-state index contributed by atoms with van der Waals surface area (Å²) in [4.78, 5) is 23.8. The first kappa shape index (κ1) is 22.4. The Labute approximate surface area is 153 Å². The molecule has 0 aliphatic carbocycles. The van der Waals surface area contributed by atoms with Gasteiger partial charge in [-0.15, -0.1) is 0 Å². The van der Waals surface area contributed by atoms with E-state index < -0.39 is 24.9 Å². The van der Waals surface area contributed by atoms with Crippen LogP contribution in [0.5, 0.6) is 0 Å². The number of hydrogen-bond donors (Lipinski definition) is 0. The van der Waals surface area contributed by atoms with Crippen LogP contribution in [0.25, 0.3) is 0 Å². The van der Waals surface area contributed by atoms with Crippen LogP contribution in [0.1, 0.15) is 62.1 Å². The molecule has 1 heterocycles. The van der Waals surface area contributed by atoms with Gasteiger partial charge in [0, 0.05) is 32.1 Å². The van der Waals surface area contributed by atoms with Gasteiger partial charge in [-0.25, -0.2) is 4.79 Å². The van der Waals surface area contributed by atoms with Gasteiger partial charge >= 0.3 is 19.5 Å². The van der Waals surface area contributed by atoms with Crippen LogP contribution in [0.3, 0.4) is 0 Å². The van der Waals surface area contributed by atoms with E-state index in [0.29, 0.717) is 11.3 Å². The van der Waals surface area contributed by atoms with Crippen LogP contribution in [-0.2, 0) is 46.1 Å². The van der Waals surface area contributed by atoms with Gasteiger partial charge in [0.15, 0.2) is 0 Å². The van der Waals surface area contributed by atoms with Gasteiger partial charge in [-0.05, 0) is 6.92 Å². The van der Waals surface area contributed by atoms with Gasteiger partial charge in [0.05, 0.1) is 6.61 Å². The number of furan rings is 1. The molecule has 148 valence electrons. The Morgan fingerprint density at radius 2 is 1.69 bits per heavy atom. The number of carbonyl (C=O) groups excluding carboxylic acids is 2. The van der Waals surface area contributed by atoms with Crippen molar-refractivity contribution in [3.63, 3.8) is 0 Å². The van der Waals surface area contributed by atoms with Crippen LogP contribution >= 0.6 is 7.60 Å². The smallest absolute Gasteiger partial charge is 0.342 e. The highest BCUT2D eigenvalue weighted by Gasteiger charge is 2.36. The lowest BCUT2D eigenvalue weighted by Gasteiger charge is -2.17. The number of esters is 2. The van der Waals surface area contributed by atoms with Crippen molar-refractivity contribution in [1.29, 1.82) is 0 Å². The second kappa shape index (κ2) is 8.84. The molecule has 0 aliphatic heterocycles. The van der Waals surface area contributed by atoms with Gasteiger partial charge in [-0.2, -0.15) is 0 Å². The molecule has 0 fully saturated rings. The lowest BCUT2D eigenvalue weighted by Crippen LogP contribution is -2.16. The summed E-state index contributed by atoms with van der Waals surface area (Å²) in [7, 11) is -0.991. The summed E-state index contributed by atoms with van der Waals surface area (Å²) in [6, 6.07) is 0. The zero-order chi connectivity index (χ0) is 20.1. The molecule has 9 heteroatoms. The quantitative estimate of drug-likeness (QED) is 0.488. The monoisotopic (exact) mass is 390 g/mol. The molecule has 0 bridgehead atoms. The molecule has 0 amide bonds. The van der Waals surface area contributed by atoms with Gasteiger partial charge in [0.2, 0.25) is 0 Å². The fourth-order valence-corrected chi connectivity index (χ4v) is 3.35. The van der Waals surface area contributed by atoms with Crippen molar-refractivity contribution in [3.05, 3.63) is 22.6 Å². The number of rotatable bonds is 8. The minimum absolute atomic E-state index is 0.0901. The molecule has 0 saturated carbocycles. The highest BCUT2D eigenvalue weighted by atomic mass is 31.2. The number of carbonyl (C=O) groups is 2. The van der Waals surface area contributed by atoms with Crippen LogP contribution < -0.4 is 0 Å². The Morgan fingerprint density at radius 1 is 1.12 bits per heavy atom. The highest BCUT2D eigenvalue weighted by molar-refractivity contribution is 7.52. The Kier molecular flexibility index (Phi) is 7.62. The van der Waals surface area contributed by atoms with E-state index in [2.05, 4.69) is 0 Å². The maximum absolute atomic E-state index is 12.5. The van der Waals surface area contributed by atoms with Gasteiger partial charge in [-0.1, -0.05) is 20.8 Å². The highest BCUT2D eigenvalue weighted by Crippen LogP contribution is 2.51.